The first-order valence-corrected chi connectivity index (χ1v) is 6.63. The second kappa shape index (κ2) is 5.21. The van der Waals surface area contributed by atoms with Gasteiger partial charge in [-0.05, 0) is 39.7 Å². The largest absolute Gasteiger partial charge is 0.466 e. The van der Waals surface area contributed by atoms with Crippen molar-refractivity contribution in [2.24, 2.45) is 5.92 Å². The minimum atomic E-state index is -1.11. The first-order valence-electron chi connectivity index (χ1n) is 6.63. The molecule has 0 radical (unpaired) electrons. The van der Waals surface area contributed by atoms with Gasteiger partial charge in [-0.2, -0.15) is 0 Å². The zero-order chi connectivity index (χ0) is 14.0. The second-order valence-electron chi connectivity index (χ2n) is 5.46. The van der Waals surface area contributed by atoms with Crippen molar-refractivity contribution in [3.63, 3.8) is 0 Å². The van der Waals surface area contributed by atoms with E-state index in [1.165, 1.54) is 0 Å². The molecule has 0 fully saturated rings. The maximum Gasteiger partial charge on any atom is 0.223 e. The van der Waals surface area contributed by atoms with E-state index in [1.807, 2.05) is 32.1 Å². The summed E-state index contributed by atoms with van der Waals surface area (Å²) in [7, 11) is 0. The van der Waals surface area contributed by atoms with Gasteiger partial charge in [0, 0.05) is 11.5 Å². The summed E-state index contributed by atoms with van der Waals surface area (Å²) in [5.74, 6) is 1.48. The van der Waals surface area contributed by atoms with E-state index in [0.29, 0.717) is 5.76 Å². The molecule has 0 spiro atoms. The highest BCUT2D eigenvalue weighted by Crippen LogP contribution is 2.26. The Bertz CT molecular complexity index is 491. The molecule has 19 heavy (non-hydrogen) atoms. The number of aliphatic hydroxyl groups is 1. The summed E-state index contributed by atoms with van der Waals surface area (Å²) in [6.07, 6.45) is 5.62. The SMILES string of the molecule is Cc1cc(C(C)(O)CNC(=O)C2CC=CC2)c(C)o1. The van der Waals surface area contributed by atoms with Gasteiger partial charge in [0.2, 0.25) is 5.91 Å². The number of furan rings is 1. The van der Waals surface area contributed by atoms with Gasteiger partial charge in [-0.1, -0.05) is 12.2 Å². The van der Waals surface area contributed by atoms with Crippen LogP contribution in [0.5, 0.6) is 0 Å². The monoisotopic (exact) mass is 263 g/mol. The van der Waals surface area contributed by atoms with Gasteiger partial charge in [0.15, 0.2) is 0 Å². The number of hydrogen-bond donors (Lipinski definition) is 2. The molecule has 104 valence electrons. The molecule has 0 aliphatic heterocycles. The molecule has 1 atom stereocenters. The minimum Gasteiger partial charge on any atom is -0.466 e. The molecular weight excluding hydrogens is 242 g/mol. The van der Waals surface area contributed by atoms with Crippen LogP contribution in [0.25, 0.3) is 0 Å². The number of amides is 1. The molecule has 1 aliphatic rings. The average molecular weight is 263 g/mol. The van der Waals surface area contributed by atoms with E-state index >= 15 is 0 Å². The Morgan fingerprint density at radius 3 is 2.63 bits per heavy atom. The molecule has 2 N–H and O–H groups in total. The molecule has 0 aromatic carbocycles. The molecule has 0 bridgehead atoms. The summed E-state index contributed by atoms with van der Waals surface area (Å²) in [6.45, 7) is 5.55. The molecule has 0 saturated carbocycles. The maximum absolute atomic E-state index is 11.9. The Morgan fingerprint density at radius 1 is 1.47 bits per heavy atom. The van der Waals surface area contributed by atoms with Gasteiger partial charge in [-0.3, -0.25) is 4.79 Å². The Kier molecular flexibility index (Phi) is 3.80. The topological polar surface area (TPSA) is 62.5 Å². The normalized spacial score (nSPS) is 18.5. The lowest BCUT2D eigenvalue weighted by Gasteiger charge is -2.24. The molecule has 1 aromatic heterocycles. The predicted molar refractivity (Wildman–Crippen MR) is 72.6 cm³/mol. The van der Waals surface area contributed by atoms with Crippen LogP contribution in [-0.4, -0.2) is 17.6 Å². The van der Waals surface area contributed by atoms with Gasteiger partial charge >= 0.3 is 0 Å². The average Bonchev–Trinajstić information content (AvgIpc) is 2.96. The first kappa shape index (κ1) is 13.9. The molecule has 2 rings (SSSR count). The third-order valence-corrected chi connectivity index (χ3v) is 3.61. The minimum absolute atomic E-state index is 0.00291. The Balaban J connectivity index is 1.97. The quantitative estimate of drug-likeness (QED) is 0.818. The fraction of sp³-hybridized carbons (Fsp3) is 0.533. The van der Waals surface area contributed by atoms with Gasteiger partial charge in [0.05, 0.1) is 6.54 Å². The summed E-state index contributed by atoms with van der Waals surface area (Å²) in [5.41, 5.74) is -0.376. The van der Waals surface area contributed by atoms with Crippen molar-refractivity contribution in [1.82, 2.24) is 5.32 Å². The Morgan fingerprint density at radius 2 is 2.11 bits per heavy atom. The van der Waals surface area contributed by atoms with E-state index < -0.39 is 5.60 Å². The van der Waals surface area contributed by atoms with Gasteiger partial charge < -0.3 is 14.8 Å². The Hall–Kier alpha value is -1.55. The van der Waals surface area contributed by atoms with Crippen molar-refractivity contribution < 1.29 is 14.3 Å². The molecule has 1 aromatic rings. The van der Waals surface area contributed by atoms with Gasteiger partial charge in [-0.25, -0.2) is 0 Å². The number of aryl methyl sites for hydroxylation is 2. The zero-order valence-electron chi connectivity index (χ0n) is 11.7. The lowest BCUT2D eigenvalue weighted by atomic mass is 9.95. The van der Waals surface area contributed by atoms with Crippen LogP contribution in [-0.2, 0) is 10.4 Å². The fourth-order valence-electron chi connectivity index (χ4n) is 2.50. The van der Waals surface area contributed by atoms with Crippen LogP contribution in [0, 0.1) is 19.8 Å². The number of carbonyl (C=O) groups excluding carboxylic acids is 1. The van der Waals surface area contributed by atoms with Crippen molar-refractivity contribution in [3.8, 4) is 0 Å². The summed E-state index contributed by atoms with van der Waals surface area (Å²) < 4.78 is 5.42. The third-order valence-electron chi connectivity index (χ3n) is 3.61. The molecule has 1 aliphatic carbocycles. The molecule has 0 saturated heterocycles. The van der Waals surface area contributed by atoms with Crippen LogP contribution < -0.4 is 5.32 Å². The van der Waals surface area contributed by atoms with E-state index in [0.717, 1.165) is 24.2 Å². The lowest BCUT2D eigenvalue weighted by molar-refractivity contribution is -0.125. The van der Waals surface area contributed by atoms with Crippen molar-refractivity contribution in [3.05, 3.63) is 35.3 Å². The highest BCUT2D eigenvalue weighted by atomic mass is 16.3. The molecule has 1 heterocycles. The van der Waals surface area contributed by atoms with Crippen molar-refractivity contribution >= 4 is 5.91 Å². The molecule has 1 unspecified atom stereocenters. The van der Waals surface area contributed by atoms with Crippen molar-refractivity contribution in [1.29, 1.82) is 0 Å². The Labute approximate surface area is 113 Å². The fourth-order valence-corrected chi connectivity index (χ4v) is 2.50. The first-order chi connectivity index (χ1) is 8.90. The van der Waals surface area contributed by atoms with E-state index in [1.54, 1.807) is 6.92 Å². The highest BCUT2D eigenvalue weighted by Gasteiger charge is 2.29. The summed E-state index contributed by atoms with van der Waals surface area (Å²) in [6, 6.07) is 1.82. The lowest BCUT2D eigenvalue weighted by Crippen LogP contribution is -2.40. The van der Waals surface area contributed by atoms with Crippen molar-refractivity contribution in [2.75, 3.05) is 6.54 Å². The van der Waals surface area contributed by atoms with Crippen LogP contribution in [0.2, 0.25) is 0 Å². The molecule has 4 heteroatoms. The van der Waals surface area contributed by atoms with E-state index in [2.05, 4.69) is 5.32 Å². The predicted octanol–water partition coefficient (Wildman–Crippen LogP) is 2.19. The smallest absolute Gasteiger partial charge is 0.223 e. The van der Waals surface area contributed by atoms with E-state index in [4.69, 9.17) is 4.42 Å². The number of hydrogen-bond acceptors (Lipinski definition) is 3. The zero-order valence-corrected chi connectivity index (χ0v) is 11.7. The number of nitrogens with one attached hydrogen (secondary N) is 1. The van der Waals surface area contributed by atoms with Crippen LogP contribution in [0.15, 0.2) is 22.6 Å². The van der Waals surface area contributed by atoms with Crippen molar-refractivity contribution in [2.45, 2.75) is 39.2 Å². The third kappa shape index (κ3) is 3.07. The van der Waals surface area contributed by atoms with E-state index in [-0.39, 0.29) is 18.4 Å². The summed E-state index contributed by atoms with van der Waals surface area (Å²) in [4.78, 5) is 11.9. The highest BCUT2D eigenvalue weighted by molar-refractivity contribution is 5.79. The van der Waals surface area contributed by atoms with E-state index in [9.17, 15) is 9.90 Å². The molecule has 1 amide bonds. The van der Waals surface area contributed by atoms with Crippen LogP contribution >= 0.6 is 0 Å². The van der Waals surface area contributed by atoms with Crippen LogP contribution in [0.4, 0.5) is 0 Å². The summed E-state index contributed by atoms with van der Waals surface area (Å²) in [5, 5.41) is 13.3. The van der Waals surface area contributed by atoms with Gasteiger partial charge in [0.25, 0.3) is 0 Å². The number of allylic oxidation sites excluding steroid dienone is 2. The number of carbonyl (C=O) groups is 1. The maximum atomic E-state index is 11.9. The van der Waals surface area contributed by atoms with Crippen LogP contribution in [0.1, 0.15) is 36.8 Å². The van der Waals surface area contributed by atoms with Gasteiger partial charge in [-0.15, -0.1) is 0 Å². The summed E-state index contributed by atoms with van der Waals surface area (Å²) >= 11 is 0. The van der Waals surface area contributed by atoms with Gasteiger partial charge in [0.1, 0.15) is 17.1 Å². The molecular formula is C15H21NO3. The van der Waals surface area contributed by atoms with Crippen LogP contribution in [0.3, 0.4) is 0 Å². The molecule has 4 nitrogen and oxygen atoms in total. The standard InChI is InChI=1S/C15H21NO3/c1-10-8-13(11(2)19-10)15(3,18)9-16-14(17)12-6-4-5-7-12/h4-5,8,12,18H,6-7,9H2,1-3H3,(H,16,17). The number of rotatable bonds is 4. The second-order valence-corrected chi connectivity index (χ2v) is 5.46.